The second kappa shape index (κ2) is 5.98. The molecule has 3 aromatic rings. The predicted octanol–water partition coefficient (Wildman–Crippen LogP) is 3.87. The number of hydrogen-bond acceptors (Lipinski definition) is 3. The maximum atomic E-state index is 12.9. The van der Waals surface area contributed by atoms with Crippen molar-refractivity contribution in [3.8, 4) is 0 Å². The van der Waals surface area contributed by atoms with Gasteiger partial charge in [-0.05, 0) is 49.6 Å². The number of fused-ring (bicyclic) bond motifs is 1. The van der Waals surface area contributed by atoms with Gasteiger partial charge in [0, 0.05) is 30.4 Å². The Kier molecular flexibility index (Phi) is 3.81. The molecule has 1 aromatic heterocycles. The van der Waals surface area contributed by atoms with Gasteiger partial charge in [0.05, 0.1) is 10.4 Å². The molecule has 4 rings (SSSR count). The van der Waals surface area contributed by atoms with Crippen molar-refractivity contribution in [1.29, 1.82) is 0 Å². The second-order valence-corrected chi connectivity index (χ2v) is 8.00. The van der Waals surface area contributed by atoms with E-state index in [1.165, 1.54) is 23.2 Å². The molecule has 0 atom stereocenters. The molecule has 1 saturated heterocycles. The molecule has 24 heavy (non-hydrogen) atoms. The summed E-state index contributed by atoms with van der Waals surface area (Å²) in [6.45, 7) is 2.07. The zero-order valence-corrected chi connectivity index (χ0v) is 14.2. The van der Waals surface area contributed by atoms with Gasteiger partial charge < -0.3 is 4.90 Å². The van der Waals surface area contributed by atoms with Gasteiger partial charge in [0.1, 0.15) is 0 Å². The minimum Gasteiger partial charge on any atom is -0.371 e. The van der Waals surface area contributed by atoms with Crippen LogP contribution in [0.25, 0.3) is 10.9 Å². The van der Waals surface area contributed by atoms with Gasteiger partial charge in [-0.25, -0.2) is 12.4 Å². The van der Waals surface area contributed by atoms with Gasteiger partial charge in [-0.3, -0.25) is 0 Å². The molecule has 0 amide bonds. The van der Waals surface area contributed by atoms with Crippen LogP contribution in [-0.2, 0) is 10.0 Å². The standard InChI is InChI=1S/C19H20N2O2S/c22-24(23,16-8-3-1-4-9-16)21-15-12-17-18(10-7-11-19(17)21)20-13-5-2-6-14-20/h1,3-4,7-12,15H,2,5-6,13-14H2. The fraction of sp³-hybridized carbons (Fsp3) is 0.263. The van der Waals surface area contributed by atoms with Gasteiger partial charge in [-0.15, -0.1) is 0 Å². The van der Waals surface area contributed by atoms with E-state index in [4.69, 9.17) is 0 Å². The van der Waals surface area contributed by atoms with E-state index in [0.29, 0.717) is 4.90 Å². The van der Waals surface area contributed by atoms with Crippen LogP contribution in [-0.4, -0.2) is 25.5 Å². The number of rotatable bonds is 3. The first-order valence-corrected chi connectivity index (χ1v) is 9.77. The Bertz CT molecular complexity index is 955. The fourth-order valence-corrected chi connectivity index (χ4v) is 4.82. The van der Waals surface area contributed by atoms with Crippen LogP contribution in [0.2, 0.25) is 0 Å². The molecular formula is C19H20N2O2S. The first-order valence-electron chi connectivity index (χ1n) is 8.33. The third kappa shape index (κ3) is 2.49. The summed E-state index contributed by atoms with van der Waals surface area (Å²) in [4.78, 5) is 2.68. The lowest BCUT2D eigenvalue weighted by molar-refractivity contribution is 0.579. The van der Waals surface area contributed by atoms with Crippen molar-refractivity contribution in [3.63, 3.8) is 0 Å². The number of anilines is 1. The Hall–Kier alpha value is -2.27. The fourth-order valence-electron chi connectivity index (χ4n) is 3.45. The summed E-state index contributed by atoms with van der Waals surface area (Å²) in [5.74, 6) is 0. The number of hydrogen-bond donors (Lipinski definition) is 0. The molecule has 1 aliphatic heterocycles. The minimum atomic E-state index is -3.57. The first-order chi connectivity index (χ1) is 11.7. The zero-order valence-electron chi connectivity index (χ0n) is 13.4. The minimum absolute atomic E-state index is 0.311. The molecule has 5 heteroatoms. The van der Waals surface area contributed by atoms with E-state index in [1.807, 2.05) is 24.3 Å². The van der Waals surface area contributed by atoms with Crippen LogP contribution >= 0.6 is 0 Å². The normalized spacial score (nSPS) is 15.8. The highest BCUT2D eigenvalue weighted by Gasteiger charge is 2.21. The molecule has 0 bridgehead atoms. The molecule has 0 radical (unpaired) electrons. The molecule has 1 fully saturated rings. The molecule has 2 aromatic carbocycles. The number of nitrogens with zero attached hydrogens (tertiary/aromatic N) is 2. The summed E-state index contributed by atoms with van der Waals surface area (Å²) in [6.07, 6.45) is 5.33. The number of benzene rings is 2. The van der Waals surface area contributed by atoms with Crippen LogP contribution in [0.5, 0.6) is 0 Å². The zero-order chi connectivity index (χ0) is 16.6. The average Bonchev–Trinajstić information content (AvgIpc) is 3.08. The molecule has 0 unspecified atom stereocenters. The predicted molar refractivity (Wildman–Crippen MR) is 97.0 cm³/mol. The number of piperidine rings is 1. The lowest BCUT2D eigenvalue weighted by Gasteiger charge is -2.29. The van der Waals surface area contributed by atoms with Crippen LogP contribution in [0, 0.1) is 0 Å². The Morgan fingerprint density at radius 2 is 1.54 bits per heavy atom. The summed E-state index contributed by atoms with van der Waals surface area (Å²) in [5.41, 5.74) is 1.87. The van der Waals surface area contributed by atoms with Crippen molar-refractivity contribution in [2.75, 3.05) is 18.0 Å². The van der Waals surface area contributed by atoms with Crippen molar-refractivity contribution < 1.29 is 8.42 Å². The van der Waals surface area contributed by atoms with Gasteiger partial charge in [0.15, 0.2) is 0 Å². The average molecular weight is 340 g/mol. The highest BCUT2D eigenvalue weighted by atomic mass is 32.2. The van der Waals surface area contributed by atoms with Crippen LogP contribution in [0.1, 0.15) is 19.3 Å². The number of aromatic nitrogens is 1. The van der Waals surface area contributed by atoms with Crippen LogP contribution in [0.4, 0.5) is 5.69 Å². The summed E-state index contributed by atoms with van der Waals surface area (Å²) in [6, 6.07) is 16.4. The van der Waals surface area contributed by atoms with E-state index in [9.17, 15) is 8.42 Å². The molecule has 4 nitrogen and oxygen atoms in total. The maximum Gasteiger partial charge on any atom is 0.268 e. The quantitative estimate of drug-likeness (QED) is 0.727. The molecule has 2 heterocycles. The molecule has 0 spiro atoms. The van der Waals surface area contributed by atoms with Gasteiger partial charge in [-0.1, -0.05) is 24.3 Å². The highest BCUT2D eigenvalue weighted by Crippen LogP contribution is 2.31. The topological polar surface area (TPSA) is 42.3 Å². The Labute approximate surface area is 142 Å². The van der Waals surface area contributed by atoms with Crippen molar-refractivity contribution in [1.82, 2.24) is 3.97 Å². The van der Waals surface area contributed by atoms with Crippen LogP contribution in [0.15, 0.2) is 65.7 Å². The maximum absolute atomic E-state index is 12.9. The van der Waals surface area contributed by atoms with Crippen molar-refractivity contribution in [2.45, 2.75) is 24.2 Å². The van der Waals surface area contributed by atoms with E-state index in [2.05, 4.69) is 11.0 Å². The van der Waals surface area contributed by atoms with Crippen molar-refractivity contribution >= 4 is 26.6 Å². The lowest BCUT2D eigenvalue weighted by atomic mass is 10.1. The molecule has 124 valence electrons. The third-order valence-corrected chi connectivity index (χ3v) is 6.38. The van der Waals surface area contributed by atoms with E-state index >= 15 is 0 Å². The molecule has 0 N–H and O–H groups in total. The van der Waals surface area contributed by atoms with Crippen LogP contribution in [0.3, 0.4) is 0 Å². The van der Waals surface area contributed by atoms with Gasteiger partial charge in [-0.2, -0.15) is 0 Å². The van der Waals surface area contributed by atoms with E-state index in [1.54, 1.807) is 30.5 Å². The monoisotopic (exact) mass is 340 g/mol. The van der Waals surface area contributed by atoms with E-state index in [0.717, 1.165) is 29.7 Å². The Morgan fingerprint density at radius 3 is 2.29 bits per heavy atom. The van der Waals surface area contributed by atoms with Crippen molar-refractivity contribution in [3.05, 3.63) is 60.8 Å². The summed E-state index contributed by atoms with van der Waals surface area (Å²) < 4.78 is 27.3. The highest BCUT2D eigenvalue weighted by molar-refractivity contribution is 7.90. The molecular weight excluding hydrogens is 320 g/mol. The molecule has 1 aliphatic rings. The second-order valence-electron chi connectivity index (χ2n) is 6.19. The molecule has 0 saturated carbocycles. The summed E-state index contributed by atoms with van der Waals surface area (Å²) in [5, 5.41) is 0.999. The summed E-state index contributed by atoms with van der Waals surface area (Å²) in [7, 11) is -3.57. The van der Waals surface area contributed by atoms with Crippen molar-refractivity contribution in [2.24, 2.45) is 0 Å². The Morgan fingerprint density at radius 1 is 0.792 bits per heavy atom. The smallest absolute Gasteiger partial charge is 0.268 e. The summed E-state index contributed by atoms with van der Waals surface area (Å²) >= 11 is 0. The third-order valence-electron chi connectivity index (χ3n) is 4.67. The SMILES string of the molecule is O=S(=O)(c1ccccc1)n1ccc2c(N3CCCCC3)cccc21. The molecule has 0 aliphatic carbocycles. The van der Waals surface area contributed by atoms with Crippen LogP contribution < -0.4 is 4.90 Å². The van der Waals surface area contributed by atoms with E-state index in [-0.39, 0.29) is 0 Å². The van der Waals surface area contributed by atoms with E-state index < -0.39 is 10.0 Å². The van der Waals surface area contributed by atoms with Gasteiger partial charge in [0.2, 0.25) is 0 Å². The lowest BCUT2D eigenvalue weighted by Crippen LogP contribution is -2.29. The Balaban J connectivity index is 1.84. The first kappa shape index (κ1) is 15.3. The van der Waals surface area contributed by atoms with Gasteiger partial charge in [0.25, 0.3) is 10.0 Å². The largest absolute Gasteiger partial charge is 0.371 e. The van der Waals surface area contributed by atoms with Gasteiger partial charge >= 0.3 is 0 Å².